The lowest BCUT2D eigenvalue weighted by Gasteiger charge is -2.25. The maximum atomic E-state index is 12.8. The highest BCUT2D eigenvalue weighted by molar-refractivity contribution is 5.94. The second-order valence-corrected chi connectivity index (χ2v) is 8.49. The third kappa shape index (κ3) is 12.6. The van der Waals surface area contributed by atoms with E-state index in [9.17, 15) is 29.1 Å². The number of hydrogen-bond acceptors (Lipinski definition) is 6. The van der Waals surface area contributed by atoms with Crippen LogP contribution in [0.4, 0.5) is 0 Å². The van der Waals surface area contributed by atoms with Gasteiger partial charge in [0.2, 0.25) is 23.6 Å². The number of nitrogens with two attached hydrogens (primary N) is 2. The van der Waals surface area contributed by atoms with Crippen LogP contribution in [0.2, 0.25) is 0 Å². The number of carbonyl (C=O) groups excluding carboxylic acids is 4. The summed E-state index contributed by atoms with van der Waals surface area (Å²) in [5, 5.41) is 19.5. The SMILES string of the molecule is CCCC(NC(=O)[C@H](CCCN=C(N)N)NC(C)=O)C(=O)N[C@@H](C)C(=O)N[C@H](C(=O)O)[C@@H](C)CC. The molecule has 0 fully saturated rings. The minimum absolute atomic E-state index is 0.0813. The molecule has 0 saturated heterocycles. The Labute approximate surface area is 206 Å². The molecule has 0 aromatic heterocycles. The van der Waals surface area contributed by atoms with Crippen LogP contribution in [0, 0.1) is 5.92 Å². The summed E-state index contributed by atoms with van der Waals surface area (Å²) in [6.07, 6.45) is 2.05. The van der Waals surface area contributed by atoms with Crippen LogP contribution in [0.3, 0.4) is 0 Å². The van der Waals surface area contributed by atoms with Gasteiger partial charge in [-0.15, -0.1) is 0 Å². The van der Waals surface area contributed by atoms with Crippen LogP contribution in [0.25, 0.3) is 0 Å². The molecule has 0 radical (unpaired) electrons. The van der Waals surface area contributed by atoms with Crippen LogP contribution in [0.15, 0.2) is 4.99 Å². The molecule has 4 amide bonds. The van der Waals surface area contributed by atoms with Crippen LogP contribution >= 0.6 is 0 Å². The molecular formula is C22H41N7O6. The molecule has 0 heterocycles. The fourth-order valence-corrected chi connectivity index (χ4v) is 3.19. The zero-order valence-electron chi connectivity index (χ0n) is 21.2. The fraction of sp³-hybridized carbons (Fsp3) is 0.727. The van der Waals surface area contributed by atoms with Crippen LogP contribution in [0.1, 0.15) is 66.7 Å². The van der Waals surface area contributed by atoms with Gasteiger partial charge in [0.05, 0.1) is 0 Å². The van der Waals surface area contributed by atoms with Crippen molar-refractivity contribution in [1.29, 1.82) is 0 Å². The molecule has 0 aromatic carbocycles. The summed E-state index contributed by atoms with van der Waals surface area (Å²) in [6, 6.07) is -3.98. The van der Waals surface area contributed by atoms with Gasteiger partial charge in [0.25, 0.3) is 0 Å². The van der Waals surface area contributed by atoms with Crippen LogP contribution in [-0.4, -0.2) is 71.4 Å². The number of aliphatic carboxylic acids is 1. The van der Waals surface area contributed by atoms with Crippen molar-refractivity contribution in [2.45, 2.75) is 90.9 Å². The summed E-state index contributed by atoms with van der Waals surface area (Å²) in [4.78, 5) is 65.0. The van der Waals surface area contributed by atoms with Gasteiger partial charge in [-0.05, 0) is 32.1 Å². The molecule has 0 spiro atoms. The lowest BCUT2D eigenvalue weighted by molar-refractivity contribution is -0.143. The van der Waals surface area contributed by atoms with Crippen LogP contribution in [-0.2, 0) is 24.0 Å². The number of carboxylic acid groups (broad SMARTS) is 1. The van der Waals surface area contributed by atoms with E-state index in [1.807, 2.05) is 13.8 Å². The first-order valence-corrected chi connectivity index (χ1v) is 11.8. The van der Waals surface area contributed by atoms with Crippen molar-refractivity contribution in [3.63, 3.8) is 0 Å². The van der Waals surface area contributed by atoms with Gasteiger partial charge >= 0.3 is 5.97 Å². The number of amides is 4. The molecule has 0 aromatic rings. The first-order chi connectivity index (χ1) is 16.3. The molecule has 0 bridgehead atoms. The number of carbonyl (C=O) groups is 5. The standard InChI is InChI=1S/C22H41N7O6/c1-6-9-15(28-20(33)16(27-14(5)30)10-8-11-25-22(23)24)19(32)26-13(4)18(31)29-17(21(34)35)12(3)7-2/h12-13,15-17H,6-11H2,1-5H3,(H,26,32)(H,27,30)(H,28,33)(H,29,31)(H,34,35)(H4,23,24,25)/t12-,13-,15?,16-,17-/m0/s1. The Morgan fingerprint density at radius 2 is 1.43 bits per heavy atom. The predicted molar refractivity (Wildman–Crippen MR) is 131 cm³/mol. The minimum atomic E-state index is -1.16. The van der Waals surface area contributed by atoms with Crippen molar-refractivity contribution < 1.29 is 29.1 Å². The van der Waals surface area contributed by atoms with E-state index in [2.05, 4.69) is 26.3 Å². The van der Waals surface area contributed by atoms with Crippen LogP contribution < -0.4 is 32.7 Å². The van der Waals surface area contributed by atoms with E-state index in [1.54, 1.807) is 6.92 Å². The topological polar surface area (TPSA) is 218 Å². The Kier molecular flexibility index (Phi) is 14.7. The van der Waals surface area contributed by atoms with E-state index in [0.29, 0.717) is 19.3 Å². The molecule has 9 N–H and O–H groups in total. The molecule has 1 unspecified atom stereocenters. The quantitative estimate of drug-likeness (QED) is 0.0787. The highest BCUT2D eigenvalue weighted by atomic mass is 16.4. The highest BCUT2D eigenvalue weighted by Gasteiger charge is 2.30. The third-order valence-electron chi connectivity index (χ3n) is 5.38. The van der Waals surface area contributed by atoms with Gasteiger partial charge < -0.3 is 37.8 Å². The normalized spacial score (nSPS) is 14.9. The molecule has 0 aliphatic carbocycles. The van der Waals surface area contributed by atoms with Gasteiger partial charge in [-0.2, -0.15) is 0 Å². The Hall–Kier alpha value is -3.38. The molecule has 200 valence electrons. The molecule has 5 atom stereocenters. The number of nitrogens with zero attached hydrogens (tertiary/aromatic N) is 1. The van der Waals surface area contributed by atoms with E-state index >= 15 is 0 Å². The highest BCUT2D eigenvalue weighted by Crippen LogP contribution is 2.08. The summed E-state index contributed by atoms with van der Waals surface area (Å²) in [5.74, 6) is -3.76. The Bertz CT molecular complexity index is 769. The van der Waals surface area contributed by atoms with Gasteiger partial charge in [-0.1, -0.05) is 33.6 Å². The summed E-state index contributed by atoms with van der Waals surface area (Å²) >= 11 is 0. The van der Waals surface area contributed by atoms with Gasteiger partial charge in [0.15, 0.2) is 5.96 Å². The minimum Gasteiger partial charge on any atom is -0.480 e. The second kappa shape index (κ2) is 16.3. The smallest absolute Gasteiger partial charge is 0.326 e. The van der Waals surface area contributed by atoms with Crippen LogP contribution in [0.5, 0.6) is 0 Å². The third-order valence-corrected chi connectivity index (χ3v) is 5.38. The molecule has 13 nitrogen and oxygen atoms in total. The number of rotatable bonds is 16. The van der Waals surface area contributed by atoms with Crippen molar-refractivity contribution in [3.05, 3.63) is 0 Å². The van der Waals surface area contributed by atoms with Crippen molar-refractivity contribution >= 4 is 35.6 Å². The average molecular weight is 500 g/mol. The first kappa shape index (κ1) is 31.6. The molecular weight excluding hydrogens is 458 g/mol. The lowest BCUT2D eigenvalue weighted by atomic mass is 9.99. The summed E-state index contributed by atoms with van der Waals surface area (Å²) in [6.45, 7) is 8.31. The second-order valence-electron chi connectivity index (χ2n) is 8.49. The van der Waals surface area contributed by atoms with Gasteiger partial charge in [-0.25, -0.2) is 4.79 Å². The zero-order valence-corrected chi connectivity index (χ0v) is 21.2. The Morgan fingerprint density at radius 3 is 1.91 bits per heavy atom. The number of carboxylic acids is 1. The molecule has 35 heavy (non-hydrogen) atoms. The number of hydrogen-bond donors (Lipinski definition) is 7. The average Bonchev–Trinajstić information content (AvgIpc) is 2.77. The summed E-state index contributed by atoms with van der Waals surface area (Å²) in [5.41, 5.74) is 10.6. The van der Waals surface area contributed by atoms with Gasteiger partial charge in [0.1, 0.15) is 24.2 Å². The van der Waals surface area contributed by atoms with E-state index in [-0.39, 0.29) is 31.3 Å². The summed E-state index contributed by atoms with van der Waals surface area (Å²) < 4.78 is 0. The van der Waals surface area contributed by atoms with E-state index in [4.69, 9.17) is 11.5 Å². The van der Waals surface area contributed by atoms with E-state index in [1.165, 1.54) is 13.8 Å². The maximum absolute atomic E-state index is 12.8. The summed E-state index contributed by atoms with van der Waals surface area (Å²) in [7, 11) is 0. The first-order valence-electron chi connectivity index (χ1n) is 11.8. The predicted octanol–water partition coefficient (Wildman–Crippen LogP) is -1.05. The van der Waals surface area contributed by atoms with Gasteiger partial charge in [0, 0.05) is 13.5 Å². The van der Waals surface area contributed by atoms with E-state index < -0.39 is 53.8 Å². The molecule has 0 aliphatic heterocycles. The molecule has 0 saturated carbocycles. The Morgan fingerprint density at radius 1 is 0.857 bits per heavy atom. The number of nitrogens with one attached hydrogen (secondary N) is 4. The lowest BCUT2D eigenvalue weighted by Crippen LogP contribution is -2.57. The van der Waals surface area contributed by atoms with E-state index in [0.717, 1.165) is 0 Å². The van der Waals surface area contributed by atoms with Crippen molar-refractivity contribution in [3.8, 4) is 0 Å². The van der Waals surface area contributed by atoms with Gasteiger partial charge in [-0.3, -0.25) is 24.2 Å². The van der Waals surface area contributed by atoms with Crippen molar-refractivity contribution in [2.75, 3.05) is 6.54 Å². The Balaban J connectivity index is 5.22. The fourth-order valence-electron chi connectivity index (χ4n) is 3.19. The monoisotopic (exact) mass is 499 g/mol. The molecule has 0 rings (SSSR count). The number of guanidine groups is 1. The molecule has 0 aliphatic rings. The van der Waals surface area contributed by atoms with Crippen molar-refractivity contribution in [2.24, 2.45) is 22.4 Å². The van der Waals surface area contributed by atoms with Crippen molar-refractivity contribution in [1.82, 2.24) is 21.3 Å². The molecule has 13 heteroatoms. The maximum Gasteiger partial charge on any atom is 0.326 e. The number of aliphatic imine (C=N–C) groups is 1. The largest absolute Gasteiger partial charge is 0.480 e. The zero-order chi connectivity index (χ0) is 27.1.